The average Bonchev–Trinajstić information content (AvgIpc) is 2.96. The van der Waals surface area contributed by atoms with Crippen molar-refractivity contribution in [1.82, 2.24) is 15.4 Å². The first-order valence-electron chi connectivity index (χ1n) is 6.91. The number of hydrogen-bond acceptors (Lipinski definition) is 5. The van der Waals surface area contributed by atoms with Gasteiger partial charge in [-0.25, -0.2) is 0 Å². The second kappa shape index (κ2) is 6.29. The van der Waals surface area contributed by atoms with Crippen molar-refractivity contribution >= 4 is 11.8 Å². The molecule has 1 aromatic rings. The van der Waals surface area contributed by atoms with Gasteiger partial charge in [-0.05, 0) is 40.0 Å². The molecule has 0 bridgehead atoms. The Morgan fingerprint density at radius 1 is 1.53 bits per heavy atom. The van der Waals surface area contributed by atoms with Crippen LogP contribution in [0.5, 0.6) is 0 Å². The van der Waals surface area contributed by atoms with Gasteiger partial charge in [0, 0.05) is 29.9 Å². The molecule has 19 heavy (non-hydrogen) atoms. The van der Waals surface area contributed by atoms with E-state index in [-0.39, 0.29) is 5.54 Å². The molecule has 4 nitrogen and oxygen atoms in total. The average molecular weight is 283 g/mol. The molecule has 1 atom stereocenters. The van der Waals surface area contributed by atoms with Gasteiger partial charge in [-0.15, -0.1) is 0 Å². The summed E-state index contributed by atoms with van der Waals surface area (Å²) in [6.45, 7) is 8.07. The number of nitrogens with one attached hydrogen (secondary N) is 1. The predicted octanol–water partition coefficient (Wildman–Crippen LogP) is 2.50. The topological polar surface area (TPSA) is 41.3 Å². The Bertz CT molecular complexity index is 394. The molecule has 1 saturated heterocycles. The Balaban J connectivity index is 1.83. The third-order valence-electron chi connectivity index (χ3n) is 3.34. The lowest BCUT2D eigenvalue weighted by molar-refractivity contribution is 0.222. The standard InChI is InChI=1S/C14H25N3OS/c1-14(2,3)15-8-11-7-13(18-16-11)9-17(4)12-5-6-19-10-12/h7,12,15H,5-6,8-10H2,1-4H3. The Morgan fingerprint density at radius 3 is 2.95 bits per heavy atom. The van der Waals surface area contributed by atoms with E-state index in [1.807, 2.05) is 11.8 Å². The molecular formula is C14H25N3OS. The molecule has 1 aromatic heterocycles. The van der Waals surface area contributed by atoms with Crippen LogP contribution in [0.15, 0.2) is 10.6 Å². The molecule has 1 aliphatic rings. The summed E-state index contributed by atoms with van der Waals surface area (Å²) in [6.07, 6.45) is 1.29. The lowest BCUT2D eigenvalue weighted by Crippen LogP contribution is -2.35. The summed E-state index contributed by atoms with van der Waals surface area (Å²) in [6, 6.07) is 2.75. The van der Waals surface area contributed by atoms with Crippen molar-refractivity contribution < 1.29 is 4.52 Å². The van der Waals surface area contributed by atoms with Crippen molar-refractivity contribution in [2.45, 2.75) is 51.9 Å². The smallest absolute Gasteiger partial charge is 0.151 e. The zero-order valence-electron chi connectivity index (χ0n) is 12.4. The number of aromatic nitrogens is 1. The van der Waals surface area contributed by atoms with Gasteiger partial charge in [0.2, 0.25) is 0 Å². The van der Waals surface area contributed by atoms with Crippen LogP contribution in [0.1, 0.15) is 38.6 Å². The second-order valence-corrected chi connectivity index (χ2v) is 7.47. The molecule has 0 radical (unpaired) electrons. The lowest BCUT2D eigenvalue weighted by atomic mass is 10.1. The minimum Gasteiger partial charge on any atom is -0.360 e. The maximum atomic E-state index is 5.42. The van der Waals surface area contributed by atoms with Gasteiger partial charge in [0.1, 0.15) is 0 Å². The van der Waals surface area contributed by atoms with Gasteiger partial charge in [0.05, 0.1) is 12.2 Å². The quantitative estimate of drug-likeness (QED) is 0.899. The van der Waals surface area contributed by atoms with Crippen LogP contribution in [-0.4, -0.2) is 40.2 Å². The molecule has 0 saturated carbocycles. The Kier molecular flexibility index (Phi) is 4.92. The van der Waals surface area contributed by atoms with Gasteiger partial charge in [-0.1, -0.05) is 5.16 Å². The highest BCUT2D eigenvalue weighted by atomic mass is 32.2. The van der Waals surface area contributed by atoms with Gasteiger partial charge in [-0.3, -0.25) is 4.90 Å². The van der Waals surface area contributed by atoms with E-state index in [9.17, 15) is 0 Å². The third-order valence-corrected chi connectivity index (χ3v) is 4.49. The van der Waals surface area contributed by atoms with Crippen LogP contribution in [0.25, 0.3) is 0 Å². The Morgan fingerprint density at radius 2 is 2.32 bits per heavy atom. The van der Waals surface area contributed by atoms with Gasteiger partial charge in [0.15, 0.2) is 5.76 Å². The summed E-state index contributed by atoms with van der Waals surface area (Å²) in [4.78, 5) is 2.38. The number of thioether (sulfide) groups is 1. The van der Waals surface area contributed by atoms with E-state index in [0.29, 0.717) is 6.04 Å². The fourth-order valence-electron chi connectivity index (χ4n) is 2.11. The third kappa shape index (κ3) is 4.82. The Hall–Kier alpha value is -0.520. The van der Waals surface area contributed by atoms with Crippen molar-refractivity contribution in [3.63, 3.8) is 0 Å². The van der Waals surface area contributed by atoms with Crippen molar-refractivity contribution in [2.24, 2.45) is 0 Å². The molecule has 0 aliphatic carbocycles. The lowest BCUT2D eigenvalue weighted by Gasteiger charge is -2.21. The van der Waals surface area contributed by atoms with Crippen LogP contribution in [0.3, 0.4) is 0 Å². The summed E-state index contributed by atoms with van der Waals surface area (Å²) in [5, 5.41) is 7.55. The minimum absolute atomic E-state index is 0.108. The fourth-order valence-corrected chi connectivity index (χ4v) is 3.41. The predicted molar refractivity (Wildman–Crippen MR) is 80.3 cm³/mol. The molecular weight excluding hydrogens is 258 g/mol. The zero-order chi connectivity index (χ0) is 13.9. The minimum atomic E-state index is 0.108. The monoisotopic (exact) mass is 283 g/mol. The molecule has 1 fully saturated rings. The van der Waals surface area contributed by atoms with Crippen LogP contribution in [0.2, 0.25) is 0 Å². The summed E-state index contributed by atoms with van der Waals surface area (Å²) in [7, 11) is 2.17. The van der Waals surface area contributed by atoms with Crippen LogP contribution >= 0.6 is 11.8 Å². The van der Waals surface area contributed by atoms with E-state index < -0.39 is 0 Å². The molecule has 2 rings (SSSR count). The molecule has 1 N–H and O–H groups in total. The van der Waals surface area contributed by atoms with Crippen molar-refractivity contribution in [3.8, 4) is 0 Å². The summed E-state index contributed by atoms with van der Waals surface area (Å²) < 4.78 is 5.42. The van der Waals surface area contributed by atoms with Gasteiger partial charge >= 0.3 is 0 Å². The van der Waals surface area contributed by atoms with Gasteiger partial charge in [0.25, 0.3) is 0 Å². The van der Waals surface area contributed by atoms with E-state index in [0.717, 1.165) is 24.5 Å². The summed E-state index contributed by atoms with van der Waals surface area (Å²) in [5.74, 6) is 3.49. The fraction of sp³-hybridized carbons (Fsp3) is 0.786. The van der Waals surface area contributed by atoms with Gasteiger partial charge in [-0.2, -0.15) is 11.8 Å². The zero-order valence-corrected chi connectivity index (χ0v) is 13.2. The molecule has 0 spiro atoms. The van der Waals surface area contributed by atoms with Crippen molar-refractivity contribution in [1.29, 1.82) is 0 Å². The molecule has 0 aromatic carbocycles. The molecule has 1 unspecified atom stereocenters. The number of rotatable bonds is 5. The van der Waals surface area contributed by atoms with Crippen molar-refractivity contribution in [3.05, 3.63) is 17.5 Å². The van der Waals surface area contributed by atoms with Crippen LogP contribution in [0, 0.1) is 0 Å². The molecule has 2 heterocycles. The summed E-state index contributed by atoms with van der Waals surface area (Å²) >= 11 is 2.04. The largest absolute Gasteiger partial charge is 0.360 e. The highest BCUT2D eigenvalue weighted by molar-refractivity contribution is 7.99. The van der Waals surface area contributed by atoms with E-state index in [4.69, 9.17) is 4.52 Å². The molecule has 5 heteroatoms. The molecule has 108 valence electrons. The van der Waals surface area contributed by atoms with E-state index in [1.54, 1.807) is 0 Å². The number of nitrogens with zero attached hydrogens (tertiary/aromatic N) is 2. The van der Waals surface area contributed by atoms with Gasteiger partial charge < -0.3 is 9.84 Å². The van der Waals surface area contributed by atoms with Crippen LogP contribution in [-0.2, 0) is 13.1 Å². The second-order valence-electron chi connectivity index (χ2n) is 6.32. The van der Waals surface area contributed by atoms with E-state index in [1.165, 1.54) is 17.9 Å². The van der Waals surface area contributed by atoms with Crippen LogP contribution in [0.4, 0.5) is 0 Å². The highest BCUT2D eigenvalue weighted by Crippen LogP contribution is 2.22. The highest BCUT2D eigenvalue weighted by Gasteiger charge is 2.21. The van der Waals surface area contributed by atoms with E-state index in [2.05, 4.69) is 49.3 Å². The van der Waals surface area contributed by atoms with Crippen LogP contribution < -0.4 is 5.32 Å². The van der Waals surface area contributed by atoms with Crippen molar-refractivity contribution in [2.75, 3.05) is 18.6 Å². The number of hydrogen-bond donors (Lipinski definition) is 1. The summed E-state index contributed by atoms with van der Waals surface area (Å²) in [5.41, 5.74) is 1.09. The molecule has 1 aliphatic heterocycles. The first kappa shape index (κ1) is 14.9. The normalized spacial score (nSPS) is 20.4. The maximum Gasteiger partial charge on any atom is 0.151 e. The molecule has 0 amide bonds. The first-order chi connectivity index (χ1) is 8.94. The maximum absolute atomic E-state index is 5.42. The SMILES string of the molecule is CN(Cc1cc(CNC(C)(C)C)no1)C1CCSC1. The Labute approximate surface area is 120 Å². The first-order valence-corrected chi connectivity index (χ1v) is 8.07. The van der Waals surface area contributed by atoms with E-state index >= 15 is 0 Å².